The van der Waals surface area contributed by atoms with Crippen molar-refractivity contribution in [2.75, 3.05) is 4.31 Å². The van der Waals surface area contributed by atoms with Crippen LogP contribution in [-0.2, 0) is 11.3 Å². The molecule has 172 valence electrons. The molecule has 1 heterocycles. The molecular formula is C26H21FN3O3S-. The number of aromatic nitrogens is 1. The number of hydrogen-bond donors (Lipinski definition) is 1. The molecule has 2 atom stereocenters. The van der Waals surface area contributed by atoms with E-state index in [1.165, 1.54) is 6.07 Å². The van der Waals surface area contributed by atoms with E-state index in [1.54, 1.807) is 24.4 Å². The van der Waals surface area contributed by atoms with E-state index in [0.29, 0.717) is 5.52 Å². The molecule has 1 fully saturated rings. The second-order valence-corrected chi connectivity index (χ2v) is 9.02. The van der Waals surface area contributed by atoms with Gasteiger partial charge in [0.2, 0.25) is 0 Å². The number of pyridine rings is 1. The Labute approximate surface area is 198 Å². The van der Waals surface area contributed by atoms with E-state index in [4.69, 9.17) is 0 Å². The first kappa shape index (κ1) is 22.2. The number of anilines is 2. The van der Waals surface area contributed by atoms with Crippen molar-refractivity contribution in [2.24, 2.45) is 5.92 Å². The van der Waals surface area contributed by atoms with Gasteiger partial charge in [0.15, 0.2) is 0 Å². The molecule has 1 N–H and O–H groups in total. The molecule has 34 heavy (non-hydrogen) atoms. The molecule has 3 aromatic carbocycles. The highest BCUT2D eigenvalue weighted by Crippen LogP contribution is 2.41. The number of amides is 1. The van der Waals surface area contributed by atoms with Crippen molar-refractivity contribution in [1.82, 2.24) is 10.3 Å². The zero-order valence-corrected chi connectivity index (χ0v) is 18.9. The summed E-state index contributed by atoms with van der Waals surface area (Å²) in [6.45, 7) is 0. The van der Waals surface area contributed by atoms with Crippen LogP contribution in [0.4, 0.5) is 15.8 Å². The van der Waals surface area contributed by atoms with Gasteiger partial charge in [-0.1, -0.05) is 48.5 Å². The summed E-state index contributed by atoms with van der Waals surface area (Å²) >= 11 is -2.80. The fraction of sp³-hybridized carbons (Fsp3) is 0.154. The molecule has 0 aliphatic heterocycles. The first-order valence-corrected chi connectivity index (χ1v) is 11.9. The predicted molar refractivity (Wildman–Crippen MR) is 129 cm³/mol. The molecule has 8 heteroatoms. The van der Waals surface area contributed by atoms with Gasteiger partial charge < -0.3 is 9.87 Å². The maximum absolute atomic E-state index is 14.3. The van der Waals surface area contributed by atoms with E-state index in [0.717, 1.165) is 40.2 Å². The third kappa shape index (κ3) is 4.42. The van der Waals surface area contributed by atoms with Gasteiger partial charge in [-0.15, -0.1) is 0 Å². The predicted octanol–water partition coefficient (Wildman–Crippen LogP) is 5.19. The first-order chi connectivity index (χ1) is 16.5. The van der Waals surface area contributed by atoms with Gasteiger partial charge in [-0.25, -0.2) is 4.39 Å². The van der Waals surface area contributed by atoms with Crippen LogP contribution in [0.25, 0.3) is 10.9 Å². The fourth-order valence-electron chi connectivity index (χ4n) is 4.19. The van der Waals surface area contributed by atoms with Gasteiger partial charge in [0, 0.05) is 11.6 Å². The number of carbonyl (C=O) groups excluding carboxylic acids is 1. The van der Waals surface area contributed by atoms with Gasteiger partial charge in [0.1, 0.15) is 5.82 Å². The summed E-state index contributed by atoms with van der Waals surface area (Å²) in [7, 11) is 0. The van der Waals surface area contributed by atoms with E-state index in [1.807, 2.05) is 42.5 Å². The molecule has 1 aromatic heterocycles. The molecule has 4 aromatic rings. The Balaban J connectivity index is 1.57. The SMILES string of the molecule is O=C(NC(c1ccccc1)C1CC1)c1cc(F)ccc1N(c1cccc2cccnc12)S(=O)[O-]. The molecule has 5 rings (SSSR count). The van der Waals surface area contributed by atoms with Gasteiger partial charge in [0.05, 0.1) is 39.8 Å². The van der Waals surface area contributed by atoms with Crippen LogP contribution < -0.4 is 9.62 Å². The molecule has 0 saturated heterocycles. The quantitative estimate of drug-likeness (QED) is 0.374. The molecule has 2 unspecified atom stereocenters. The van der Waals surface area contributed by atoms with Crippen LogP contribution in [0, 0.1) is 11.7 Å². The van der Waals surface area contributed by atoms with Crippen molar-refractivity contribution in [3.8, 4) is 0 Å². The standard InChI is InChI=1S/C26H22FN3O3S/c27-20-13-14-22(30(34(32)33)23-10-4-8-18-9-5-15-28-25(18)23)21(16-20)26(31)29-24(19-11-12-19)17-6-2-1-3-7-17/h1-10,13-16,19,24H,11-12H2,(H,29,31)(H,32,33)/p-1. The summed E-state index contributed by atoms with van der Waals surface area (Å²) in [6.07, 6.45) is 3.53. The Morgan fingerprint density at radius 2 is 1.79 bits per heavy atom. The zero-order valence-electron chi connectivity index (χ0n) is 18.1. The molecule has 1 amide bonds. The summed E-state index contributed by atoms with van der Waals surface area (Å²) in [5.74, 6) is -0.890. The summed E-state index contributed by atoms with van der Waals surface area (Å²) in [4.78, 5) is 17.8. The van der Waals surface area contributed by atoms with E-state index in [-0.39, 0.29) is 28.9 Å². The summed E-state index contributed by atoms with van der Waals surface area (Å²) in [6, 6.07) is 21.6. The second-order valence-electron chi connectivity index (χ2n) is 8.22. The number of para-hydroxylation sites is 1. The van der Waals surface area contributed by atoms with E-state index >= 15 is 0 Å². The fourth-order valence-corrected chi connectivity index (χ4v) is 4.82. The number of fused-ring (bicyclic) bond motifs is 1. The maximum Gasteiger partial charge on any atom is 0.254 e. The minimum Gasteiger partial charge on any atom is -0.755 e. The normalized spacial score (nSPS) is 15.0. The van der Waals surface area contributed by atoms with Crippen molar-refractivity contribution in [3.63, 3.8) is 0 Å². The lowest BCUT2D eigenvalue weighted by molar-refractivity contribution is 0.0932. The molecule has 0 spiro atoms. The largest absolute Gasteiger partial charge is 0.755 e. The number of hydrogen-bond acceptors (Lipinski definition) is 4. The molecule has 1 aliphatic rings. The summed E-state index contributed by atoms with van der Waals surface area (Å²) < 4.78 is 40.2. The average Bonchev–Trinajstić information content (AvgIpc) is 3.69. The Kier molecular flexibility index (Phi) is 6.08. The zero-order chi connectivity index (χ0) is 23.7. The van der Waals surface area contributed by atoms with Gasteiger partial charge in [-0.2, -0.15) is 0 Å². The minimum atomic E-state index is -2.80. The van der Waals surface area contributed by atoms with Crippen LogP contribution >= 0.6 is 0 Å². The van der Waals surface area contributed by atoms with Crippen LogP contribution in [0.15, 0.2) is 85.1 Å². The maximum atomic E-state index is 14.3. The number of benzene rings is 3. The number of rotatable bonds is 7. The summed E-state index contributed by atoms with van der Waals surface area (Å²) in [5.41, 5.74) is 1.66. The smallest absolute Gasteiger partial charge is 0.254 e. The molecular weight excluding hydrogens is 453 g/mol. The van der Waals surface area contributed by atoms with Crippen LogP contribution in [0.5, 0.6) is 0 Å². The molecule has 1 aliphatic carbocycles. The van der Waals surface area contributed by atoms with Crippen LogP contribution in [0.1, 0.15) is 34.8 Å². The molecule has 6 nitrogen and oxygen atoms in total. The third-order valence-electron chi connectivity index (χ3n) is 5.94. The summed E-state index contributed by atoms with van der Waals surface area (Å²) in [5, 5.41) is 3.75. The molecule has 0 radical (unpaired) electrons. The number of nitrogens with one attached hydrogen (secondary N) is 1. The third-order valence-corrected chi connectivity index (χ3v) is 6.63. The Bertz CT molecular complexity index is 1370. The van der Waals surface area contributed by atoms with Crippen molar-refractivity contribution < 1.29 is 17.9 Å². The lowest BCUT2D eigenvalue weighted by atomic mass is 10.0. The van der Waals surface area contributed by atoms with E-state index in [9.17, 15) is 17.9 Å². The highest BCUT2D eigenvalue weighted by Gasteiger charge is 2.34. The van der Waals surface area contributed by atoms with Gasteiger partial charge in [-0.05, 0) is 54.7 Å². The van der Waals surface area contributed by atoms with Crippen molar-refractivity contribution in [1.29, 1.82) is 0 Å². The number of carbonyl (C=O) groups is 1. The highest BCUT2D eigenvalue weighted by atomic mass is 32.2. The van der Waals surface area contributed by atoms with E-state index in [2.05, 4.69) is 10.3 Å². The Hall–Kier alpha value is -3.62. The number of halogens is 1. The second kappa shape index (κ2) is 9.32. The monoisotopic (exact) mass is 474 g/mol. The van der Waals surface area contributed by atoms with Crippen molar-refractivity contribution >= 4 is 39.5 Å². The minimum absolute atomic E-state index is 0.0491. The van der Waals surface area contributed by atoms with Crippen molar-refractivity contribution in [2.45, 2.75) is 18.9 Å². The first-order valence-electron chi connectivity index (χ1n) is 10.9. The van der Waals surface area contributed by atoms with Gasteiger partial charge >= 0.3 is 0 Å². The van der Waals surface area contributed by atoms with Crippen molar-refractivity contribution in [3.05, 3.63) is 102 Å². The lowest BCUT2D eigenvalue weighted by Crippen LogP contribution is -2.32. The van der Waals surface area contributed by atoms with Crippen LogP contribution in [-0.4, -0.2) is 19.7 Å². The van der Waals surface area contributed by atoms with Crippen LogP contribution in [0.2, 0.25) is 0 Å². The topological polar surface area (TPSA) is 85.4 Å². The van der Waals surface area contributed by atoms with E-state index < -0.39 is 23.0 Å². The molecule has 1 saturated carbocycles. The number of nitrogens with zero attached hydrogens (tertiary/aromatic N) is 2. The Morgan fingerprint density at radius 1 is 1.03 bits per heavy atom. The van der Waals surface area contributed by atoms with Crippen LogP contribution in [0.3, 0.4) is 0 Å². The van der Waals surface area contributed by atoms with Gasteiger partial charge in [0.25, 0.3) is 5.91 Å². The highest BCUT2D eigenvalue weighted by molar-refractivity contribution is 7.81. The Morgan fingerprint density at radius 3 is 2.53 bits per heavy atom. The average molecular weight is 475 g/mol. The lowest BCUT2D eigenvalue weighted by Gasteiger charge is -2.29. The van der Waals surface area contributed by atoms with Gasteiger partial charge in [-0.3, -0.25) is 18.3 Å². The molecule has 0 bridgehead atoms.